The minimum absolute atomic E-state index is 0.0598. The Hall–Kier alpha value is -3.13. The topological polar surface area (TPSA) is 74.6 Å². The predicted molar refractivity (Wildman–Crippen MR) is 132 cm³/mol. The highest BCUT2D eigenvalue weighted by Gasteiger charge is 2.35. The van der Waals surface area contributed by atoms with Crippen molar-refractivity contribution in [1.82, 2.24) is 9.78 Å². The summed E-state index contributed by atoms with van der Waals surface area (Å²) in [6, 6.07) is 13.7. The lowest BCUT2D eigenvalue weighted by Crippen LogP contribution is -2.17. The summed E-state index contributed by atoms with van der Waals surface area (Å²) in [6.45, 7) is 6.23. The fourth-order valence-electron chi connectivity index (χ4n) is 3.93. The van der Waals surface area contributed by atoms with Gasteiger partial charge in [0.25, 0.3) is 0 Å². The number of rotatable bonds is 5. The van der Waals surface area contributed by atoms with Crippen molar-refractivity contribution in [1.29, 1.82) is 0 Å². The van der Waals surface area contributed by atoms with Gasteiger partial charge in [-0.25, -0.2) is 4.68 Å². The lowest BCUT2D eigenvalue weighted by molar-refractivity contribution is 0.102. The molecule has 1 aliphatic heterocycles. The third-order valence-corrected chi connectivity index (χ3v) is 6.67. The van der Waals surface area contributed by atoms with Gasteiger partial charge in [-0.2, -0.15) is 5.10 Å². The van der Waals surface area contributed by atoms with Crippen molar-refractivity contribution in [3.63, 3.8) is 0 Å². The van der Waals surface area contributed by atoms with Gasteiger partial charge in [0.1, 0.15) is 5.82 Å². The second kappa shape index (κ2) is 9.02. The summed E-state index contributed by atoms with van der Waals surface area (Å²) in [5, 5.41) is 8.27. The first-order valence-corrected chi connectivity index (χ1v) is 11.7. The summed E-state index contributed by atoms with van der Waals surface area (Å²) in [6.07, 6.45) is 0. The predicted octanol–water partition coefficient (Wildman–Crippen LogP) is 5.24. The SMILES string of the molecule is COc1cc(C2Nc3c(c(C(C)(C)C)nn3-c3ccccc3)C(=O)CS2)cc(OC)c1OC. The number of fused-ring (bicyclic) bond motifs is 1. The molecule has 0 spiro atoms. The summed E-state index contributed by atoms with van der Waals surface area (Å²) >= 11 is 1.53. The largest absolute Gasteiger partial charge is 0.493 e. The molecule has 8 heteroatoms. The Labute approximate surface area is 198 Å². The maximum atomic E-state index is 13.4. The number of para-hydroxylation sites is 1. The van der Waals surface area contributed by atoms with Crippen molar-refractivity contribution in [2.24, 2.45) is 0 Å². The fourth-order valence-corrected chi connectivity index (χ4v) is 4.91. The quantitative estimate of drug-likeness (QED) is 0.550. The second-order valence-electron chi connectivity index (χ2n) is 8.79. The van der Waals surface area contributed by atoms with Crippen LogP contribution in [0.4, 0.5) is 5.82 Å². The Kier molecular flexibility index (Phi) is 6.30. The van der Waals surface area contributed by atoms with E-state index in [0.29, 0.717) is 34.4 Å². The number of ketones is 1. The molecule has 1 N–H and O–H groups in total. The average molecular weight is 468 g/mol. The van der Waals surface area contributed by atoms with Crippen molar-refractivity contribution in [2.75, 3.05) is 32.4 Å². The number of anilines is 1. The number of hydrogen-bond acceptors (Lipinski definition) is 7. The molecule has 1 aromatic heterocycles. The lowest BCUT2D eigenvalue weighted by atomic mass is 9.88. The first kappa shape index (κ1) is 23.0. The van der Waals surface area contributed by atoms with Crippen LogP contribution in [0.1, 0.15) is 47.8 Å². The van der Waals surface area contributed by atoms with Crippen molar-refractivity contribution in [3.8, 4) is 22.9 Å². The molecule has 2 aromatic carbocycles. The number of thioether (sulfide) groups is 1. The van der Waals surface area contributed by atoms with Crippen LogP contribution in [0.3, 0.4) is 0 Å². The summed E-state index contributed by atoms with van der Waals surface area (Å²) in [5.41, 5.74) is 2.94. The Balaban J connectivity index is 1.88. The smallest absolute Gasteiger partial charge is 0.203 e. The Bertz CT molecular complexity index is 1140. The number of carbonyl (C=O) groups is 1. The molecular formula is C25H29N3O4S. The molecule has 3 aromatic rings. The lowest BCUT2D eigenvalue weighted by Gasteiger charge is -2.21. The van der Waals surface area contributed by atoms with Gasteiger partial charge in [0, 0.05) is 5.41 Å². The minimum atomic E-state index is -0.293. The van der Waals surface area contributed by atoms with Crippen molar-refractivity contribution >= 4 is 23.4 Å². The second-order valence-corrected chi connectivity index (χ2v) is 9.88. The van der Waals surface area contributed by atoms with Gasteiger partial charge >= 0.3 is 0 Å². The Morgan fingerprint density at radius 2 is 1.67 bits per heavy atom. The minimum Gasteiger partial charge on any atom is -0.493 e. The standard InChI is InChI=1S/C25H29N3O4S/c1-25(2,3)22-20-17(29)14-33-24(15-12-18(30-4)21(32-6)19(13-15)31-5)26-23(20)28(27-22)16-10-8-7-9-11-16/h7-13,24,26H,14H2,1-6H3. The van der Waals surface area contributed by atoms with Crippen LogP contribution in [-0.2, 0) is 5.41 Å². The number of hydrogen-bond donors (Lipinski definition) is 1. The molecule has 33 heavy (non-hydrogen) atoms. The summed E-state index contributed by atoms with van der Waals surface area (Å²) in [7, 11) is 4.77. The number of ether oxygens (including phenoxy) is 3. The van der Waals surface area contributed by atoms with E-state index in [0.717, 1.165) is 16.9 Å². The van der Waals surface area contributed by atoms with Crippen LogP contribution in [0, 0.1) is 0 Å². The summed E-state index contributed by atoms with van der Waals surface area (Å²) in [5.74, 6) is 2.74. The Morgan fingerprint density at radius 1 is 1.03 bits per heavy atom. The molecule has 1 unspecified atom stereocenters. The zero-order chi connectivity index (χ0) is 23.8. The molecule has 0 bridgehead atoms. The number of nitrogens with one attached hydrogen (secondary N) is 1. The van der Waals surface area contributed by atoms with Crippen LogP contribution in [0.15, 0.2) is 42.5 Å². The van der Waals surface area contributed by atoms with Crippen LogP contribution in [0.2, 0.25) is 0 Å². The van der Waals surface area contributed by atoms with Crippen LogP contribution < -0.4 is 19.5 Å². The van der Waals surface area contributed by atoms with Crippen LogP contribution in [0.5, 0.6) is 17.2 Å². The van der Waals surface area contributed by atoms with E-state index in [9.17, 15) is 4.79 Å². The molecule has 0 saturated heterocycles. The molecule has 1 aliphatic rings. The highest BCUT2D eigenvalue weighted by Crippen LogP contribution is 2.45. The van der Waals surface area contributed by atoms with Gasteiger partial charge in [0.15, 0.2) is 17.3 Å². The number of methoxy groups -OCH3 is 3. The normalized spacial score (nSPS) is 15.9. The van der Waals surface area contributed by atoms with E-state index in [1.54, 1.807) is 21.3 Å². The molecule has 0 amide bonds. The van der Waals surface area contributed by atoms with Gasteiger partial charge in [-0.1, -0.05) is 39.0 Å². The van der Waals surface area contributed by atoms with Crippen molar-refractivity contribution in [3.05, 3.63) is 59.3 Å². The highest BCUT2D eigenvalue weighted by molar-refractivity contribution is 8.00. The molecule has 0 aliphatic carbocycles. The maximum Gasteiger partial charge on any atom is 0.203 e. The molecule has 174 valence electrons. The number of carbonyl (C=O) groups excluding carboxylic acids is 1. The monoisotopic (exact) mass is 467 g/mol. The molecule has 4 rings (SSSR count). The first-order valence-electron chi connectivity index (χ1n) is 10.7. The Morgan fingerprint density at radius 3 is 2.21 bits per heavy atom. The van der Waals surface area contributed by atoms with E-state index >= 15 is 0 Å². The molecule has 7 nitrogen and oxygen atoms in total. The summed E-state index contributed by atoms with van der Waals surface area (Å²) in [4.78, 5) is 13.4. The average Bonchev–Trinajstić information content (AvgIpc) is 3.12. The van der Waals surface area contributed by atoms with Crippen molar-refractivity contribution in [2.45, 2.75) is 31.6 Å². The molecule has 1 atom stereocenters. The van der Waals surface area contributed by atoms with Gasteiger partial charge in [0.05, 0.1) is 49.4 Å². The molecule has 0 radical (unpaired) electrons. The van der Waals surface area contributed by atoms with E-state index in [1.807, 2.05) is 47.1 Å². The van der Waals surface area contributed by atoms with E-state index < -0.39 is 0 Å². The third kappa shape index (κ3) is 4.27. The zero-order valence-corrected chi connectivity index (χ0v) is 20.6. The van der Waals surface area contributed by atoms with Crippen molar-refractivity contribution < 1.29 is 19.0 Å². The van der Waals surface area contributed by atoms with Gasteiger partial charge in [-0.05, 0) is 29.8 Å². The fraction of sp³-hybridized carbons (Fsp3) is 0.360. The van der Waals surface area contributed by atoms with Crippen LogP contribution in [0.25, 0.3) is 5.69 Å². The molecule has 0 fully saturated rings. The van der Waals surface area contributed by atoms with Gasteiger partial charge in [-0.15, -0.1) is 11.8 Å². The number of benzene rings is 2. The maximum absolute atomic E-state index is 13.4. The zero-order valence-electron chi connectivity index (χ0n) is 19.8. The van der Waals surface area contributed by atoms with E-state index in [4.69, 9.17) is 19.3 Å². The molecule has 2 heterocycles. The van der Waals surface area contributed by atoms with E-state index in [2.05, 4.69) is 26.1 Å². The first-order chi connectivity index (χ1) is 15.8. The molecular weight excluding hydrogens is 438 g/mol. The van der Waals surface area contributed by atoms with E-state index in [1.165, 1.54) is 11.8 Å². The highest BCUT2D eigenvalue weighted by atomic mass is 32.2. The third-order valence-electron chi connectivity index (χ3n) is 5.51. The van der Waals surface area contributed by atoms with E-state index in [-0.39, 0.29) is 16.6 Å². The van der Waals surface area contributed by atoms with Gasteiger partial charge in [0.2, 0.25) is 5.75 Å². The number of Topliss-reactive ketones (excluding diaryl/α,β-unsaturated/α-hetero) is 1. The number of nitrogens with zero attached hydrogens (tertiary/aromatic N) is 2. The molecule has 0 saturated carbocycles. The van der Waals surface area contributed by atoms with Crippen LogP contribution in [-0.4, -0.2) is 42.6 Å². The van der Waals surface area contributed by atoms with Gasteiger partial charge < -0.3 is 19.5 Å². The van der Waals surface area contributed by atoms with Crippen LogP contribution >= 0.6 is 11.8 Å². The van der Waals surface area contributed by atoms with Gasteiger partial charge in [-0.3, -0.25) is 4.79 Å². The summed E-state index contributed by atoms with van der Waals surface area (Å²) < 4.78 is 18.4. The number of aromatic nitrogens is 2.